The molecule has 0 aliphatic heterocycles. The van der Waals surface area contributed by atoms with E-state index in [2.05, 4.69) is 0 Å². The molecule has 1 aromatic carbocycles. The smallest absolute Gasteiger partial charge is 0.135 e. The van der Waals surface area contributed by atoms with Crippen molar-refractivity contribution < 1.29 is 5.11 Å². The zero-order valence-electron chi connectivity index (χ0n) is 8.88. The van der Waals surface area contributed by atoms with Crippen molar-refractivity contribution in [3.63, 3.8) is 0 Å². The molecule has 2 nitrogen and oxygen atoms in total. The molecule has 0 amide bonds. The zero-order valence-corrected chi connectivity index (χ0v) is 10.5. The molecular formula is C11H15NOS2. The lowest BCUT2D eigenvalue weighted by molar-refractivity contribution is 0.204. The van der Waals surface area contributed by atoms with Crippen molar-refractivity contribution in [3.05, 3.63) is 35.9 Å². The highest BCUT2D eigenvalue weighted by Crippen LogP contribution is 2.19. The first-order chi connectivity index (χ1) is 7.11. The van der Waals surface area contributed by atoms with E-state index in [1.807, 2.05) is 49.3 Å². The van der Waals surface area contributed by atoms with Gasteiger partial charge in [-0.05, 0) is 5.56 Å². The van der Waals surface area contributed by atoms with Crippen LogP contribution in [0.1, 0.15) is 11.7 Å². The van der Waals surface area contributed by atoms with Crippen LogP contribution in [0.4, 0.5) is 0 Å². The van der Waals surface area contributed by atoms with E-state index in [9.17, 15) is 5.11 Å². The number of benzene rings is 1. The topological polar surface area (TPSA) is 23.5 Å². The van der Waals surface area contributed by atoms with Crippen LogP contribution in [0.3, 0.4) is 0 Å². The summed E-state index contributed by atoms with van der Waals surface area (Å²) in [4.78, 5) is 1.87. The molecule has 1 N–H and O–H groups in total. The fourth-order valence-electron chi connectivity index (χ4n) is 1.05. The Hall–Kier alpha value is -0.580. The van der Waals surface area contributed by atoms with Gasteiger partial charge >= 0.3 is 0 Å². The Morgan fingerprint density at radius 1 is 1.40 bits per heavy atom. The number of rotatable bonds is 3. The summed E-state index contributed by atoms with van der Waals surface area (Å²) in [6, 6.07) is 9.63. The highest BCUT2D eigenvalue weighted by Gasteiger charge is 2.09. The number of aliphatic hydroxyl groups is 1. The van der Waals surface area contributed by atoms with Crippen molar-refractivity contribution in [2.24, 2.45) is 0 Å². The molecule has 1 atom stereocenters. The molecule has 0 saturated carbocycles. The quantitative estimate of drug-likeness (QED) is 0.820. The molecule has 1 rings (SSSR count). The summed E-state index contributed by atoms with van der Waals surface area (Å²) in [6.07, 6.45) is -0.450. The zero-order chi connectivity index (χ0) is 11.3. The summed E-state index contributed by atoms with van der Waals surface area (Å²) < 4.78 is 0.796. The Labute approximate surface area is 100 Å². The molecule has 1 unspecified atom stereocenters. The van der Waals surface area contributed by atoms with Gasteiger partial charge in [0, 0.05) is 19.8 Å². The van der Waals surface area contributed by atoms with Crippen LogP contribution in [0.15, 0.2) is 30.3 Å². The molecule has 82 valence electrons. The Balaban J connectivity index is 2.44. The molecule has 0 bridgehead atoms. The molecule has 15 heavy (non-hydrogen) atoms. The molecule has 0 spiro atoms. The normalized spacial score (nSPS) is 12.2. The predicted octanol–water partition coefficient (Wildman–Crippen LogP) is 2.30. The maximum absolute atomic E-state index is 9.85. The number of hydrogen-bond donors (Lipinski definition) is 1. The maximum Gasteiger partial charge on any atom is 0.135 e. The summed E-state index contributed by atoms with van der Waals surface area (Å²) in [6.45, 7) is 0. The molecule has 1 aromatic rings. The summed E-state index contributed by atoms with van der Waals surface area (Å²) in [5, 5.41) is 9.85. The molecule has 0 aliphatic carbocycles. The summed E-state index contributed by atoms with van der Waals surface area (Å²) in [5.74, 6) is 0.598. The fourth-order valence-corrected chi connectivity index (χ4v) is 2.01. The van der Waals surface area contributed by atoms with Gasteiger partial charge in [-0.25, -0.2) is 0 Å². The van der Waals surface area contributed by atoms with E-state index in [0.29, 0.717) is 5.75 Å². The van der Waals surface area contributed by atoms with Gasteiger partial charge in [0.05, 0.1) is 6.10 Å². The van der Waals surface area contributed by atoms with Crippen LogP contribution in [-0.4, -0.2) is 34.2 Å². The SMILES string of the molecule is CN(C)C(=S)SCC(O)c1ccccc1. The van der Waals surface area contributed by atoms with E-state index in [1.165, 1.54) is 11.8 Å². The average molecular weight is 241 g/mol. The monoisotopic (exact) mass is 241 g/mol. The van der Waals surface area contributed by atoms with Crippen molar-refractivity contribution >= 4 is 28.3 Å². The van der Waals surface area contributed by atoms with E-state index in [-0.39, 0.29) is 0 Å². The minimum Gasteiger partial charge on any atom is -0.388 e. The van der Waals surface area contributed by atoms with Crippen molar-refractivity contribution in [1.82, 2.24) is 4.90 Å². The molecular weight excluding hydrogens is 226 g/mol. The summed E-state index contributed by atoms with van der Waals surface area (Å²) >= 11 is 6.62. The van der Waals surface area contributed by atoms with E-state index in [0.717, 1.165) is 9.88 Å². The molecule has 0 radical (unpaired) electrons. The second kappa shape index (κ2) is 6.10. The second-order valence-electron chi connectivity index (χ2n) is 3.40. The number of hydrogen-bond acceptors (Lipinski definition) is 3. The Morgan fingerprint density at radius 3 is 2.53 bits per heavy atom. The third kappa shape index (κ3) is 4.20. The second-order valence-corrected chi connectivity index (χ2v) is 5.05. The predicted molar refractivity (Wildman–Crippen MR) is 70.1 cm³/mol. The van der Waals surface area contributed by atoms with Gasteiger partial charge in [0.2, 0.25) is 0 Å². The van der Waals surface area contributed by atoms with Crippen molar-refractivity contribution in [1.29, 1.82) is 0 Å². The van der Waals surface area contributed by atoms with E-state index in [4.69, 9.17) is 12.2 Å². The average Bonchev–Trinajstić information content (AvgIpc) is 2.26. The van der Waals surface area contributed by atoms with Gasteiger partial charge in [-0.1, -0.05) is 54.3 Å². The van der Waals surface area contributed by atoms with Gasteiger partial charge in [-0.15, -0.1) is 0 Å². The number of thioether (sulfide) groups is 1. The minimum absolute atomic E-state index is 0.450. The largest absolute Gasteiger partial charge is 0.388 e. The van der Waals surface area contributed by atoms with Gasteiger partial charge in [0.1, 0.15) is 4.32 Å². The highest BCUT2D eigenvalue weighted by atomic mass is 32.2. The van der Waals surface area contributed by atoms with E-state index < -0.39 is 6.10 Å². The number of nitrogens with zero attached hydrogens (tertiary/aromatic N) is 1. The molecule has 0 aromatic heterocycles. The highest BCUT2D eigenvalue weighted by molar-refractivity contribution is 8.22. The van der Waals surface area contributed by atoms with Crippen molar-refractivity contribution in [2.75, 3.05) is 19.8 Å². The lowest BCUT2D eigenvalue weighted by Gasteiger charge is -2.15. The Bertz CT molecular complexity index is 314. The third-order valence-electron chi connectivity index (χ3n) is 1.91. The summed E-state index contributed by atoms with van der Waals surface area (Å²) in [5.41, 5.74) is 0.937. The van der Waals surface area contributed by atoms with Crippen molar-refractivity contribution in [3.8, 4) is 0 Å². The lowest BCUT2D eigenvalue weighted by atomic mass is 10.1. The van der Waals surface area contributed by atoms with Crippen LogP contribution in [0, 0.1) is 0 Å². The molecule has 0 aliphatic rings. The maximum atomic E-state index is 9.85. The standard InChI is InChI=1S/C11H15NOS2/c1-12(2)11(14)15-8-10(13)9-6-4-3-5-7-9/h3-7,10,13H,8H2,1-2H3. The van der Waals surface area contributed by atoms with Crippen LogP contribution in [0.25, 0.3) is 0 Å². The van der Waals surface area contributed by atoms with Gasteiger partial charge in [0.25, 0.3) is 0 Å². The van der Waals surface area contributed by atoms with Crippen LogP contribution in [-0.2, 0) is 0 Å². The van der Waals surface area contributed by atoms with Crippen molar-refractivity contribution in [2.45, 2.75) is 6.10 Å². The van der Waals surface area contributed by atoms with Crippen LogP contribution < -0.4 is 0 Å². The number of aliphatic hydroxyl groups excluding tert-OH is 1. The minimum atomic E-state index is -0.450. The van der Waals surface area contributed by atoms with Gasteiger partial charge in [0.15, 0.2) is 0 Å². The third-order valence-corrected chi connectivity index (χ3v) is 3.73. The lowest BCUT2D eigenvalue weighted by Crippen LogP contribution is -2.17. The van der Waals surface area contributed by atoms with Gasteiger partial charge in [-0.2, -0.15) is 0 Å². The molecule has 4 heteroatoms. The van der Waals surface area contributed by atoms with Crippen LogP contribution in [0.2, 0.25) is 0 Å². The number of thiocarbonyl (C=S) groups is 1. The molecule has 0 heterocycles. The van der Waals surface area contributed by atoms with E-state index >= 15 is 0 Å². The van der Waals surface area contributed by atoms with Gasteiger partial charge in [-0.3, -0.25) is 0 Å². The van der Waals surface area contributed by atoms with E-state index in [1.54, 1.807) is 0 Å². The molecule has 0 saturated heterocycles. The first-order valence-corrected chi connectivity index (χ1v) is 6.07. The first kappa shape index (κ1) is 12.5. The van der Waals surface area contributed by atoms with Crippen LogP contribution in [0.5, 0.6) is 0 Å². The molecule has 0 fully saturated rings. The Morgan fingerprint density at radius 2 is 2.00 bits per heavy atom. The van der Waals surface area contributed by atoms with Crippen LogP contribution >= 0.6 is 24.0 Å². The van der Waals surface area contributed by atoms with Gasteiger partial charge < -0.3 is 10.0 Å². The summed E-state index contributed by atoms with van der Waals surface area (Å²) in [7, 11) is 3.81. The Kier molecular flexibility index (Phi) is 5.08. The fraction of sp³-hybridized carbons (Fsp3) is 0.364. The first-order valence-electron chi connectivity index (χ1n) is 4.68.